The van der Waals surface area contributed by atoms with E-state index in [2.05, 4.69) is 0 Å². The maximum Gasteiger partial charge on any atom is 0.235 e. The largest absolute Gasteiger partial charge is 0.507 e. The fourth-order valence-electron chi connectivity index (χ4n) is 5.79. The maximum absolute atomic E-state index is 14.6. The maximum atomic E-state index is 14.6. The molecule has 0 aromatic heterocycles. The number of rotatable bonds is 2. The van der Waals surface area contributed by atoms with Gasteiger partial charge in [-0.05, 0) is 29.3 Å². The molecule has 9 nitrogen and oxygen atoms in total. The van der Waals surface area contributed by atoms with Crippen LogP contribution < -0.4 is 5.73 Å². The zero-order valence-corrected chi connectivity index (χ0v) is 18.6. The van der Waals surface area contributed by atoms with Crippen LogP contribution in [0.1, 0.15) is 27.9 Å². The molecule has 1 amide bonds. The van der Waals surface area contributed by atoms with Gasteiger partial charge in [0.15, 0.2) is 34.7 Å². The Balaban J connectivity index is 1.76. The number of halogens is 1. The van der Waals surface area contributed by atoms with E-state index < -0.39 is 82.4 Å². The smallest absolute Gasteiger partial charge is 0.235 e. The summed E-state index contributed by atoms with van der Waals surface area (Å²) in [5.74, 6) is -14.2. The third-order valence-corrected chi connectivity index (χ3v) is 7.46. The molecule has 0 heterocycles. The van der Waals surface area contributed by atoms with Gasteiger partial charge in [-0.3, -0.25) is 24.0 Å². The first kappa shape index (κ1) is 23.7. The Labute approximate surface area is 203 Å². The number of benzene rings is 2. The fraction of sp³-hybridized carbons (Fsp3) is 0.269. The molecule has 0 saturated heterocycles. The molecule has 0 spiro atoms. The number of aromatic hydroxyl groups is 1. The average molecular weight is 493 g/mol. The highest BCUT2D eigenvalue weighted by atomic mass is 19.1. The normalized spacial score (nSPS) is 32.6. The summed E-state index contributed by atoms with van der Waals surface area (Å²) in [7, 11) is 0. The van der Waals surface area contributed by atoms with Crippen LogP contribution in [-0.2, 0) is 19.2 Å². The SMILES string of the molecule is NC(=O)C1C(=O)C[C@@H]2[C@@H](O)[C@@H]3C(=Cc4ccccc4F)c4cccc(O)c4C(=O)C3C(=O)[C@]2(O)C1=O. The number of aliphatic hydroxyl groups excluding tert-OH is 1. The highest BCUT2D eigenvalue weighted by Gasteiger charge is 2.69. The van der Waals surface area contributed by atoms with Crippen molar-refractivity contribution in [3.63, 3.8) is 0 Å². The Bertz CT molecular complexity index is 1410. The zero-order chi connectivity index (χ0) is 26.1. The predicted octanol–water partition coefficient (Wildman–Crippen LogP) is 0.435. The second-order valence-electron chi connectivity index (χ2n) is 9.29. The van der Waals surface area contributed by atoms with Crippen LogP contribution in [0.3, 0.4) is 0 Å². The number of nitrogens with two attached hydrogens (primary N) is 1. The molecule has 2 fully saturated rings. The van der Waals surface area contributed by atoms with Crippen molar-refractivity contribution >= 4 is 40.7 Å². The summed E-state index contributed by atoms with van der Waals surface area (Å²) in [5, 5.41) is 33.2. The van der Waals surface area contributed by atoms with Crippen LogP contribution in [0.2, 0.25) is 0 Å². The second kappa shape index (κ2) is 8.00. The Hall–Kier alpha value is -4.02. The van der Waals surface area contributed by atoms with Crippen molar-refractivity contribution < 1.29 is 43.7 Å². The molecule has 0 bridgehead atoms. The molecule has 0 aliphatic heterocycles. The minimum absolute atomic E-state index is 0.0555. The lowest BCUT2D eigenvalue weighted by Gasteiger charge is -2.51. The summed E-state index contributed by atoms with van der Waals surface area (Å²) in [4.78, 5) is 64.6. The first-order valence-corrected chi connectivity index (χ1v) is 11.1. The van der Waals surface area contributed by atoms with E-state index in [-0.39, 0.29) is 22.3 Å². The molecule has 6 atom stereocenters. The third-order valence-electron chi connectivity index (χ3n) is 7.46. The molecule has 2 aromatic rings. The molecular formula is C26H20FNO8. The van der Waals surface area contributed by atoms with E-state index in [0.29, 0.717) is 0 Å². The molecule has 3 aliphatic carbocycles. The van der Waals surface area contributed by atoms with Crippen molar-refractivity contribution in [1.82, 2.24) is 0 Å². The predicted molar refractivity (Wildman–Crippen MR) is 120 cm³/mol. The van der Waals surface area contributed by atoms with Gasteiger partial charge in [0.05, 0.1) is 17.6 Å². The molecule has 3 aliphatic rings. The number of Topliss-reactive ketones (excluding diaryl/α,β-unsaturated/α-hetero) is 4. The van der Waals surface area contributed by atoms with E-state index in [0.717, 1.165) is 0 Å². The molecular weight excluding hydrogens is 473 g/mol. The lowest BCUT2D eigenvalue weighted by Crippen LogP contribution is -2.72. The van der Waals surface area contributed by atoms with Crippen molar-refractivity contribution in [3.8, 4) is 5.75 Å². The Kier molecular flexibility index (Phi) is 5.27. The standard InChI is InChI=1S/C26H20FNO8/c27-14-6-2-1-4-10(14)8-12-11-5-3-7-15(29)17(11)22(32)20-18(12)21(31)13-9-16(30)19(25(28)35)23(33)26(13,36)24(20)34/h1-8,13,18-21,29,31,36H,9H2,(H2,28,35)/t13-,18-,19?,20?,21-,26-/m1/s1. The summed E-state index contributed by atoms with van der Waals surface area (Å²) in [5.41, 5.74) is 2.13. The average Bonchev–Trinajstić information content (AvgIpc) is 2.82. The quantitative estimate of drug-likeness (QED) is 0.436. The van der Waals surface area contributed by atoms with Gasteiger partial charge in [0.2, 0.25) is 5.91 Å². The Morgan fingerprint density at radius 1 is 1.06 bits per heavy atom. The molecule has 36 heavy (non-hydrogen) atoms. The number of primary amides is 1. The number of phenols is 1. The summed E-state index contributed by atoms with van der Waals surface area (Å²) >= 11 is 0. The fourth-order valence-corrected chi connectivity index (χ4v) is 5.79. The lowest BCUT2D eigenvalue weighted by atomic mass is 9.51. The molecule has 2 unspecified atom stereocenters. The highest BCUT2D eigenvalue weighted by molar-refractivity contribution is 6.32. The van der Waals surface area contributed by atoms with E-state index in [9.17, 15) is 43.7 Å². The Morgan fingerprint density at radius 3 is 2.42 bits per heavy atom. The van der Waals surface area contributed by atoms with Gasteiger partial charge in [0, 0.05) is 23.8 Å². The minimum Gasteiger partial charge on any atom is -0.507 e. The van der Waals surface area contributed by atoms with Gasteiger partial charge in [-0.2, -0.15) is 0 Å². The molecule has 0 radical (unpaired) electrons. The van der Waals surface area contributed by atoms with Crippen LogP contribution in [-0.4, -0.2) is 56.1 Å². The van der Waals surface area contributed by atoms with Crippen molar-refractivity contribution in [3.05, 3.63) is 65.0 Å². The van der Waals surface area contributed by atoms with Crippen LogP contribution in [0, 0.1) is 29.5 Å². The zero-order valence-electron chi connectivity index (χ0n) is 18.6. The van der Waals surface area contributed by atoms with Crippen LogP contribution in [0.25, 0.3) is 11.6 Å². The number of hydrogen-bond donors (Lipinski definition) is 4. The summed E-state index contributed by atoms with van der Waals surface area (Å²) in [6.07, 6.45) is -1.20. The number of carbonyl (C=O) groups is 5. The first-order valence-electron chi connectivity index (χ1n) is 11.1. The van der Waals surface area contributed by atoms with Gasteiger partial charge in [-0.15, -0.1) is 0 Å². The number of amides is 1. The van der Waals surface area contributed by atoms with E-state index in [4.69, 9.17) is 5.73 Å². The van der Waals surface area contributed by atoms with Gasteiger partial charge < -0.3 is 21.1 Å². The van der Waals surface area contributed by atoms with Gasteiger partial charge in [-0.1, -0.05) is 30.3 Å². The van der Waals surface area contributed by atoms with Crippen molar-refractivity contribution in [2.75, 3.05) is 0 Å². The number of ketones is 4. The molecule has 2 saturated carbocycles. The Morgan fingerprint density at radius 2 is 1.75 bits per heavy atom. The van der Waals surface area contributed by atoms with Crippen LogP contribution in [0.4, 0.5) is 4.39 Å². The van der Waals surface area contributed by atoms with Crippen molar-refractivity contribution in [1.29, 1.82) is 0 Å². The summed E-state index contributed by atoms with van der Waals surface area (Å²) < 4.78 is 14.6. The summed E-state index contributed by atoms with van der Waals surface area (Å²) in [6, 6.07) is 9.70. The van der Waals surface area contributed by atoms with Crippen LogP contribution in [0.15, 0.2) is 42.5 Å². The molecule has 184 valence electrons. The second-order valence-corrected chi connectivity index (χ2v) is 9.29. The van der Waals surface area contributed by atoms with Gasteiger partial charge >= 0.3 is 0 Å². The molecule has 10 heteroatoms. The summed E-state index contributed by atoms with van der Waals surface area (Å²) in [6.45, 7) is 0. The van der Waals surface area contributed by atoms with Crippen LogP contribution >= 0.6 is 0 Å². The molecule has 5 rings (SSSR count). The van der Waals surface area contributed by atoms with Crippen LogP contribution in [0.5, 0.6) is 5.75 Å². The molecule has 5 N–H and O–H groups in total. The first-order chi connectivity index (χ1) is 17.0. The van der Waals surface area contributed by atoms with E-state index in [1.165, 1.54) is 42.5 Å². The topological polar surface area (TPSA) is 172 Å². The monoisotopic (exact) mass is 493 g/mol. The number of hydrogen-bond acceptors (Lipinski definition) is 8. The number of fused-ring (bicyclic) bond motifs is 3. The number of carbonyl (C=O) groups excluding carboxylic acids is 5. The van der Waals surface area contributed by atoms with Gasteiger partial charge in [0.25, 0.3) is 0 Å². The molecule has 2 aromatic carbocycles. The van der Waals surface area contributed by atoms with Gasteiger partial charge in [-0.25, -0.2) is 4.39 Å². The van der Waals surface area contributed by atoms with Gasteiger partial charge in [0.1, 0.15) is 11.6 Å². The third kappa shape index (κ3) is 3.04. The van der Waals surface area contributed by atoms with Crippen molar-refractivity contribution in [2.24, 2.45) is 29.4 Å². The minimum atomic E-state index is -3.03. The lowest BCUT2D eigenvalue weighted by molar-refractivity contribution is -0.185. The number of phenolic OH excluding ortho intramolecular Hbond substituents is 1. The van der Waals surface area contributed by atoms with E-state index >= 15 is 0 Å². The van der Waals surface area contributed by atoms with E-state index in [1.807, 2.05) is 0 Å². The van der Waals surface area contributed by atoms with Crippen molar-refractivity contribution in [2.45, 2.75) is 18.1 Å². The number of aliphatic hydroxyl groups is 2. The highest BCUT2D eigenvalue weighted by Crippen LogP contribution is 2.54. The van der Waals surface area contributed by atoms with E-state index in [1.54, 1.807) is 6.07 Å².